The molecule has 0 aromatic heterocycles. The van der Waals surface area contributed by atoms with Gasteiger partial charge >= 0.3 is 5.69 Å². The highest BCUT2D eigenvalue weighted by molar-refractivity contribution is 5.92. The number of nitrogens with one attached hydrogen (secondary N) is 1. The van der Waals surface area contributed by atoms with Crippen LogP contribution in [0.2, 0.25) is 0 Å². The molecule has 6 heteroatoms. The smallest absolute Gasteiger partial charge is 0.311 e. The zero-order valence-electron chi connectivity index (χ0n) is 7.35. The highest BCUT2D eigenvalue weighted by atomic mass is 16.6. The Bertz CT molecular complexity index is 389. The van der Waals surface area contributed by atoms with Crippen molar-refractivity contribution >= 4 is 11.6 Å². The van der Waals surface area contributed by atoms with Gasteiger partial charge in [0, 0.05) is 11.6 Å². The second-order valence-corrected chi connectivity index (χ2v) is 2.49. The van der Waals surface area contributed by atoms with Gasteiger partial charge in [-0.2, -0.15) is 0 Å². The third-order valence-electron chi connectivity index (χ3n) is 1.64. The number of nitro groups is 1. The molecule has 0 atom stereocenters. The van der Waals surface area contributed by atoms with Gasteiger partial charge in [-0.1, -0.05) is 0 Å². The first kappa shape index (κ1) is 9.97. The van der Waals surface area contributed by atoms with Gasteiger partial charge in [-0.05, 0) is 12.1 Å². The summed E-state index contributed by atoms with van der Waals surface area (Å²) in [5.41, 5.74) is -0.193. The normalized spacial score (nSPS) is 9.50. The van der Waals surface area contributed by atoms with Crippen LogP contribution in [0.25, 0.3) is 0 Å². The molecule has 1 aromatic rings. The standard InChI is InChI=1S/C8H8N2O4/c1-14-8(9)5-2-3-7(11)6(4-5)10(12)13/h2-4,9,11H,1H3. The second kappa shape index (κ2) is 3.73. The Kier molecular flexibility index (Phi) is 2.66. The van der Waals surface area contributed by atoms with Crippen molar-refractivity contribution in [3.8, 4) is 5.75 Å². The summed E-state index contributed by atoms with van der Waals surface area (Å²) in [6, 6.07) is 3.61. The van der Waals surface area contributed by atoms with Crippen molar-refractivity contribution in [1.82, 2.24) is 0 Å². The molecule has 0 aliphatic heterocycles. The molecule has 0 spiro atoms. The van der Waals surface area contributed by atoms with Crippen molar-refractivity contribution in [1.29, 1.82) is 5.41 Å². The average molecular weight is 196 g/mol. The number of nitrogens with zero attached hydrogens (tertiary/aromatic N) is 1. The maximum Gasteiger partial charge on any atom is 0.311 e. The number of hydrogen-bond acceptors (Lipinski definition) is 5. The summed E-state index contributed by atoms with van der Waals surface area (Å²) in [4.78, 5) is 9.70. The third-order valence-corrected chi connectivity index (χ3v) is 1.64. The molecule has 0 unspecified atom stereocenters. The molecule has 6 nitrogen and oxygen atoms in total. The summed E-state index contributed by atoms with van der Waals surface area (Å²) >= 11 is 0. The summed E-state index contributed by atoms with van der Waals surface area (Å²) in [5, 5.41) is 26.8. The molecule has 0 fully saturated rings. The van der Waals surface area contributed by atoms with E-state index in [1.807, 2.05) is 0 Å². The first-order chi connectivity index (χ1) is 6.56. The number of phenolic OH excluding ortho intramolecular Hbond substituents is 1. The lowest BCUT2D eigenvalue weighted by Crippen LogP contribution is -2.01. The molecule has 0 aliphatic rings. The zero-order chi connectivity index (χ0) is 10.7. The van der Waals surface area contributed by atoms with E-state index in [2.05, 4.69) is 4.74 Å². The Morgan fingerprint density at radius 2 is 2.29 bits per heavy atom. The Morgan fingerprint density at radius 3 is 2.79 bits per heavy atom. The fourth-order valence-corrected chi connectivity index (χ4v) is 0.929. The number of aromatic hydroxyl groups is 1. The Morgan fingerprint density at radius 1 is 1.64 bits per heavy atom. The van der Waals surface area contributed by atoms with Gasteiger partial charge in [-0.15, -0.1) is 0 Å². The van der Waals surface area contributed by atoms with E-state index in [9.17, 15) is 10.1 Å². The summed E-state index contributed by atoms with van der Waals surface area (Å²) in [6.07, 6.45) is 0. The Labute approximate surface area is 79.4 Å². The van der Waals surface area contributed by atoms with Gasteiger partial charge in [0.2, 0.25) is 5.90 Å². The maximum absolute atomic E-state index is 10.4. The molecule has 0 bridgehead atoms. The predicted molar refractivity (Wildman–Crippen MR) is 48.6 cm³/mol. The second-order valence-electron chi connectivity index (χ2n) is 2.49. The molecule has 0 saturated carbocycles. The van der Waals surface area contributed by atoms with Crippen molar-refractivity contribution in [2.24, 2.45) is 0 Å². The number of rotatable bonds is 2. The maximum atomic E-state index is 10.4. The first-order valence-corrected chi connectivity index (χ1v) is 3.66. The van der Waals surface area contributed by atoms with Crippen LogP contribution in [0.3, 0.4) is 0 Å². The highest BCUT2D eigenvalue weighted by Gasteiger charge is 2.15. The quantitative estimate of drug-likeness (QED) is 0.322. The molecule has 0 aliphatic carbocycles. The largest absolute Gasteiger partial charge is 0.502 e. The van der Waals surface area contributed by atoms with Crippen molar-refractivity contribution in [2.45, 2.75) is 0 Å². The topological polar surface area (TPSA) is 96.5 Å². The predicted octanol–water partition coefficient (Wildman–Crippen LogP) is 1.27. The number of methoxy groups -OCH3 is 1. The van der Waals surface area contributed by atoms with Crippen LogP contribution in [-0.2, 0) is 4.74 Å². The van der Waals surface area contributed by atoms with Gasteiger partial charge in [0.1, 0.15) is 0 Å². The van der Waals surface area contributed by atoms with Crippen LogP contribution in [-0.4, -0.2) is 23.0 Å². The lowest BCUT2D eigenvalue weighted by molar-refractivity contribution is -0.385. The van der Waals surface area contributed by atoms with Crippen LogP contribution in [0.15, 0.2) is 18.2 Å². The number of benzene rings is 1. The van der Waals surface area contributed by atoms with Gasteiger partial charge in [0.05, 0.1) is 12.0 Å². The van der Waals surface area contributed by atoms with E-state index < -0.39 is 16.4 Å². The summed E-state index contributed by atoms with van der Waals surface area (Å²) in [6.45, 7) is 0. The van der Waals surface area contributed by atoms with Crippen molar-refractivity contribution < 1.29 is 14.8 Å². The van der Waals surface area contributed by atoms with Crippen molar-refractivity contribution in [3.05, 3.63) is 33.9 Å². The van der Waals surface area contributed by atoms with Gasteiger partial charge in [0.25, 0.3) is 0 Å². The average Bonchev–Trinajstić information content (AvgIpc) is 2.17. The molecule has 1 rings (SSSR count). The lowest BCUT2D eigenvalue weighted by Gasteiger charge is -2.02. The summed E-state index contributed by atoms with van der Waals surface area (Å²) < 4.78 is 4.59. The van der Waals surface area contributed by atoms with Crippen LogP contribution < -0.4 is 0 Å². The molecule has 2 N–H and O–H groups in total. The number of ether oxygens (including phenoxy) is 1. The SMILES string of the molecule is COC(=N)c1ccc(O)c([N+](=O)[O-])c1. The van der Waals surface area contributed by atoms with Crippen LogP contribution in [0.4, 0.5) is 5.69 Å². The summed E-state index contributed by atoms with van der Waals surface area (Å²) in [5.74, 6) is -0.615. The van der Waals surface area contributed by atoms with E-state index in [4.69, 9.17) is 10.5 Å². The van der Waals surface area contributed by atoms with Crippen molar-refractivity contribution in [3.63, 3.8) is 0 Å². The van der Waals surface area contributed by atoms with E-state index in [0.29, 0.717) is 0 Å². The van der Waals surface area contributed by atoms with E-state index >= 15 is 0 Å². The molecule has 74 valence electrons. The van der Waals surface area contributed by atoms with Crippen LogP contribution in [0.5, 0.6) is 5.75 Å². The monoisotopic (exact) mass is 196 g/mol. The summed E-state index contributed by atoms with van der Waals surface area (Å²) in [7, 11) is 1.29. The zero-order valence-corrected chi connectivity index (χ0v) is 7.35. The fourth-order valence-electron chi connectivity index (χ4n) is 0.929. The molecule has 14 heavy (non-hydrogen) atoms. The molecule has 1 aromatic carbocycles. The molecule has 0 radical (unpaired) electrons. The molecule has 0 heterocycles. The van der Waals surface area contributed by atoms with E-state index in [0.717, 1.165) is 12.1 Å². The highest BCUT2D eigenvalue weighted by Crippen LogP contribution is 2.26. The number of phenols is 1. The van der Waals surface area contributed by atoms with E-state index in [1.54, 1.807) is 0 Å². The van der Waals surface area contributed by atoms with Gasteiger partial charge < -0.3 is 9.84 Å². The fraction of sp³-hybridized carbons (Fsp3) is 0.125. The number of nitro benzene ring substituents is 1. The van der Waals surface area contributed by atoms with Crippen molar-refractivity contribution in [2.75, 3.05) is 7.11 Å². The Hall–Kier alpha value is -2.11. The minimum Gasteiger partial charge on any atom is -0.502 e. The first-order valence-electron chi connectivity index (χ1n) is 3.66. The van der Waals surface area contributed by atoms with Crippen LogP contribution >= 0.6 is 0 Å². The molecular formula is C8H8N2O4. The minimum absolute atomic E-state index is 0.187. The van der Waals surface area contributed by atoms with Gasteiger partial charge in [-0.25, -0.2) is 0 Å². The van der Waals surface area contributed by atoms with E-state index in [-0.39, 0.29) is 11.5 Å². The molecule has 0 saturated heterocycles. The van der Waals surface area contributed by atoms with E-state index in [1.165, 1.54) is 13.2 Å². The molecular weight excluding hydrogens is 188 g/mol. The Balaban J connectivity index is 3.19. The van der Waals surface area contributed by atoms with Gasteiger partial charge in [-0.3, -0.25) is 15.5 Å². The minimum atomic E-state index is -0.720. The number of hydrogen-bond donors (Lipinski definition) is 2. The third kappa shape index (κ3) is 1.79. The van der Waals surface area contributed by atoms with Crippen LogP contribution in [0.1, 0.15) is 5.56 Å². The van der Waals surface area contributed by atoms with Crippen LogP contribution in [0, 0.1) is 15.5 Å². The van der Waals surface area contributed by atoms with Gasteiger partial charge in [0.15, 0.2) is 5.75 Å². The lowest BCUT2D eigenvalue weighted by atomic mass is 10.2. The molecule has 0 amide bonds.